The predicted octanol–water partition coefficient (Wildman–Crippen LogP) is 2.05. The van der Waals surface area contributed by atoms with Crippen molar-refractivity contribution in [2.45, 2.75) is 38.9 Å². The van der Waals surface area contributed by atoms with Crippen LogP contribution in [0.3, 0.4) is 0 Å². The van der Waals surface area contributed by atoms with Gasteiger partial charge in [-0.25, -0.2) is 4.79 Å². The van der Waals surface area contributed by atoms with E-state index < -0.39 is 23.1 Å². The van der Waals surface area contributed by atoms with Gasteiger partial charge in [0.05, 0.1) is 19.3 Å². The number of fused-ring (bicyclic) bond motifs is 2. The highest BCUT2D eigenvalue weighted by Gasteiger charge is 2.37. The molecule has 1 aromatic carbocycles. The Morgan fingerprint density at radius 2 is 2.12 bits per heavy atom. The predicted molar refractivity (Wildman–Crippen MR) is 89.4 cm³/mol. The number of hydrogen-bond acceptors (Lipinski definition) is 7. The number of carbonyl (C=O) groups is 1. The molecule has 0 radical (unpaired) electrons. The highest BCUT2D eigenvalue weighted by molar-refractivity contribution is 5.92. The largest absolute Gasteiger partial charge is 0.495 e. The summed E-state index contributed by atoms with van der Waals surface area (Å²) < 4.78 is 21.6. The molecule has 7 heteroatoms. The van der Waals surface area contributed by atoms with Gasteiger partial charge in [0.25, 0.3) is 0 Å². The third-order valence-corrected chi connectivity index (χ3v) is 4.16. The molecule has 1 N–H and O–H groups in total. The van der Waals surface area contributed by atoms with Crippen molar-refractivity contribution in [2.75, 3.05) is 13.7 Å². The minimum atomic E-state index is -1.07. The molecule has 1 atom stereocenters. The van der Waals surface area contributed by atoms with E-state index in [0.717, 1.165) is 6.07 Å². The van der Waals surface area contributed by atoms with Crippen molar-refractivity contribution < 1.29 is 28.5 Å². The number of esters is 1. The zero-order chi connectivity index (χ0) is 18.4. The second-order valence-corrected chi connectivity index (χ2v) is 6.42. The maximum Gasteiger partial charge on any atom is 0.374 e. The Morgan fingerprint density at radius 3 is 2.72 bits per heavy atom. The number of aliphatic hydroxyl groups is 1. The van der Waals surface area contributed by atoms with Crippen molar-refractivity contribution in [3.8, 4) is 11.5 Å². The minimum Gasteiger partial charge on any atom is -0.495 e. The zero-order valence-electron chi connectivity index (χ0n) is 14.5. The van der Waals surface area contributed by atoms with Crippen LogP contribution in [0.2, 0.25) is 0 Å². The molecule has 1 unspecified atom stereocenters. The van der Waals surface area contributed by atoms with Crippen LogP contribution < -0.4 is 14.9 Å². The normalized spacial score (nSPS) is 16.4. The quantitative estimate of drug-likeness (QED) is 0.845. The van der Waals surface area contributed by atoms with Gasteiger partial charge >= 0.3 is 5.97 Å². The molecular weight excluding hydrogens is 328 g/mol. The van der Waals surface area contributed by atoms with Gasteiger partial charge < -0.3 is 23.7 Å². The molecular formula is C18H20O7. The topological polar surface area (TPSA) is 95.2 Å². The van der Waals surface area contributed by atoms with Crippen molar-refractivity contribution in [1.82, 2.24) is 0 Å². The van der Waals surface area contributed by atoms with Gasteiger partial charge in [-0.2, -0.15) is 0 Å². The second kappa shape index (κ2) is 6.07. The fourth-order valence-electron chi connectivity index (χ4n) is 2.91. The Kier molecular flexibility index (Phi) is 4.20. The Hall–Kier alpha value is -2.54. The number of methoxy groups -OCH3 is 1. The zero-order valence-corrected chi connectivity index (χ0v) is 14.5. The van der Waals surface area contributed by atoms with Crippen molar-refractivity contribution >= 4 is 16.9 Å². The van der Waals surface area contributed by atoms with Crippen LogP contribution in [0, 0.1) is 0 Å². The molecule has 1 aliphatic rings. The van der Waals surface area contributed by atoms with Crippen molar-refractivity contribution in [2.24, 2.45) is 0 Å². The van der Waals surface area contributed by atoms with Crippen LogP contribution in [0.1, 0.15) is 36.9 Å². The number of rotatable bonds is 4. The highest BCUT2D eigenvalue weighted by atomic mass is 16.5. The summed E-state index contributed by atoms with van der Waals surface area (Å²) in [6.45, 7) is 5.14. The van der Waals surface area contributed by atoms with Gasteiger partial charge in [-0.15, -0.1) is 0 Å². The van der Waals surface area contributed by atoms with Crippen LogP contribution in [0.5, 0.6) is 11.5 Å². The number of benzene rings is 1. The lowest BCUT2D eigenvalue weighted by Gasteiger charge is -2.24. The first-order valence-corrected chi connectivity index (χ1v) is 8.00. The lowest BCUT2D eigenvalue weighted by atomic mass is 9.96. The molecule has 134 valence electrons. The van der Waals surface area contributed by atoms with Crippen molar-refractivity contribution in [1.29, 1.82) is 0 Å². The van der Waals surface area contributed by atoms with E-state index in [9.17, 15) is 14.7 Å². The van der Waals surface area contributed by atoms with Gasteiger partial charge in [-0.05, 0) is 20.8 Å². The third kappa shape index (κ3) is 2.95. The highest BCUT2D eigenvalue weighted by Crippen LogP contribution is 2.42. The molecule has 0 saturated carbocycles. The molecule has 0 saturated heterocycles. The summed E-state index contributed by atoms with van der Waals surface area (Å²) in [6.07, 6.45) is -0.0790. The van der Waals surface area contributed by atoms with Crippen molar-refractivity contribution in [3.05, 3.63) is 33.7 Å². The standard InChI is InChI=1S/C18H20O7/c1-5-23-17(20)13-7-10(19)15-12(24-13)8-11-9(16(15)22-4)6-14(25-11)18(2,3)21/h7-8,14,21H,5-6H2,1-4H3. The van der Waals surface area contributed by atoms with Gasteiger partial charge in [0.1, 0.15) is 28.6 Å². The molecule has 1 aliphatic heterocycles. The van der Waals surface area contributed by atoms with E-state index >= 15 is 0 Å². The van der Waals surface area contributed by atoms with E-state index in [-0.39, 0.29) is 23.3 Å². The maximum absolute atomic E-state index is 12.5. The Bertz CT molecular complexity index is 889. The van der Waals surface area contributed by atoms with Crippen LogP contribution in [-0.4, -0.2) is 36.5 Å². The molecule has 25 heavy (non-hydrogen) atoms. The molecule has 3 rings (SSSR count). The molecule has 0 bridgehead atoms. The van der Waals surface area contributed by atoms with E-state index in [2.05, 4.69) is 0 Å². The SMILES string of the molecule is CCOC(=O)c1cc(=O)c2c(OC)c3c(cc2o1)OC(C(C)(C)O)C3. The van der Waals surface area contributed by atoms with Gasteiger partial charge in [-0.3, -0.25) is 4.79 Å². The van der Waals surface area contributed by atoms with Crippen LogP contribution in [0.4, 0.5) is 0 Å². The number of ether oxygens (including phenoxy) is 3. The Labute approximate surface area is 144 Å². The Balaban J connectivity index is 2.19. The van der Waals surface area contributed by atoms with Crippen molar-refractivity contribution in [3.63, 3.8) is 0 Å². The lowest BCUT2D eigenvalue weighted by molar-refractivity contribution is -0.0229. The van der Waals surface area contributed by atoms with Gasteiger partial charge in [0.15, 0.2) is 5.43 Å². The average molecular weight is 348 g/mol. The summed E-state index contributed by atoms with van der Waals surface area (Å²) in [6, 6.07) is 2.64. The van der Waals surface area contributed by atoms with E-state index in [0.29, 0.717) is 23.5 Å². The van der Waals surface area contributed by atoms with Crippen LogP contribution in [-0.2, 0) is 11.2 Å². The Morgan fingerprint density at radius 1 is 1.40 bits per heavy atom. The third-order valence-electron chi connectivity index (χ3n) is 4.16. The molecule has 2 heterocycles. The molecule has 2 aromatic rings. The second-order valence-electron chi connectivity index (χ2n) is 6.42. The first-order chi connectivity index (χ1) is 11.8. The molecule has 0 amide bonds. The minimum absolute atomic E-state index is 0.169. The van der Waals surface area contributed by atoms with Crippen LogP contribution in [0.25, 0.3) is 11.0 Å². The summed E-state index contributed by atoms with van der Waals surface area (Å²) in [5, 5.41) is 10.4. The maximum atomic E-state index is 12.5. The summed E-state index contributed by atoms with van der Waals surface area (Å²) in [5.74, 6) is -0.0984. The van der Waals surface area contributed by atoms with E-state index in [1.54, 1.807) is 26.8 Å². The van der Waals surface area contributed by atoms with Crippen LogP contribution >= 0.6 is 0 Å². The number of hydrogen-bond donors (Lipinski definition) is 1. The smallest absolute Gasteiger partial charge is 0.374 e. The van der Waals surface area contributed by atoms with Crippen LogP contribution in [0.15, 0.2) is 21.3 Å². The van der Waals surface area contributed by atoms with Gasteiger partial charge in [-0.1, -0.05) is 0 Å². The molecule has 0 spiro atoms. The summed E-state index contributed by atoms with van der Waals surface area (Å²) in [5.41, 5.74) is -0.611. The van der Waals surface area contributed by atoms with Gasteiger partial charge in [0.2, 0.25) is 5.76 Å². The molecule has 1 aromatic heterocycles. The molecule has 0 aliphatic carbocycles. The first-order valence-electron chi connectivity index (χ1n) is 8.00. The fraction of sp³-hybridized carbons (Fsp3) is 0.444. The molecule has 7 nitrogen and oxygen atoms in total. The average Bonchev–Trinajstić information content (AvgIpc) is 2.96. The van der Waals surface area contributed by atoms with E-state index in [4.69, 9.17) is 18.6 Å². The summed E-state index contributed by atoms with van der Waals surface area (Å²) in [7, 11) is 1.45. The van der Waals surface area contributed by atoms with Gasteiger partial charge in [0, 0.05) is 24.1 Å². The fourth-order valence-corrected chi connectivity index (χ4v) is 2.91. The summed E-state index contributed by atoms with van der Waals surface area (Å²) in [4.78, 5) is 24.4. The van der Waals surface area contributed by atoms with E-state index in [1.807, 2.05) is 0 Å². The van der Waals surface area contributed by atoms with E-state index in [1.165, 1.54) is 7.11 Å². The molecule has 0 fully saturated rings. The summed E-state index contributed by atoms with van der Waals surface area (Å²) >= 11 is 0. The first kappa shape index (κ1) is 17.3. The monoisotopic (exact) mass is 348 g/mol. The number of carbonyl (C=O) groups excluding carboxylic acids is 1. The lowest BCUT2D eigenvalue weighted by Crippen LogP contribution is -2.39.